The highest BCUT2D eigenvalue weighted by Crippen LogP contribution is 2.37. The van der Waals surface area contributed by atoms with E-state index in [1.807, 2.05) is 34.1 Å². The summed E-state index contributed by atoms with van der Waals surface area (Å²) in [5.41, 5.74) is 1.63. The van der Waals surface area contributed by atoms with Crippen LogP contribution >= 0.6 is 0 Å². The largest absolute Gasteiger partial charge is 0.423 e. The van der Waals surface area contributed by atoms with Crippen molar-refractivity contribution in [2.45, 2.75) is 31.9 Å². The molecule has 2 aromatic carbocycles. The van der Waals surface area contributed by atoms with Gasteiger partial charge in [-0.1, -0.05) is 12.1 Å². The summed E-state index contributed by atoms with van der Waals surface area (Å²) < 4.78 is 45.7. The topological polar surface area (TPSA) is 61.6 Å². The van der Waals surface area contributed by atoms with Crippen molar-refractivity contribution in [3.05, 3.63) is 48.0 Å². The lowest BCUT2D eigenvalue weighted by atomic mass is 9.96. The molecular formula is C24H25F3N4O2. The minimum atomic E-state index is -4.46. The van der Waals surface area contributed by atoms with Gasteiger partial charge in [0, 0.05) is 32.1 Å². The molecule has 1 N–H and O–H groups in total. The molecule has 1 aromatic heterocycles. The lowest BCUT2D eigenvalue weighted by Gasteiger charge is -2.30. The Morgan fingerprint density at radius 3 is 2.42 bits per heavy atom. The van der Waals surface area contributed by atoms with Crippen LogP contribution in [0.4, 0.5) is 30.6 Å². The number of para-hydroxylation sites is 2. The van der Waals surface area contributed by atoms with Crippen molar-refractivity contribution in [1.82, 2.24) is 4.98 Å². The molecule has 2 fully saturated rings. The van der Waals surface area contributed by atoms with Gasteiger partial charge in [0.05, 0.1) is 16.9 Å². The van der Waals surface area contributed by atoms with Crippen molar-refractivity contribution in [3.8, 4) is 0 Å². The number of amides is 1. The number of hydrogen-bond donors (Lipinski definition) is 1. The van der Waals surface area contributed by atoms with Crippen molar-refractivity contribution >= 4 is 34.4 Å². The Morgan fingerprint density at radius 2 is 1.73 bits per heavy atom. The van der Waals surface area contributed by atoms with Gasteiger partial charge in [-0.05, 0) is 56.0 Å². The zero-order chi connectivity index (χ0) is 23.0. The zero-order valence-corrected chi connectivity index (χ0v) is 18.1. The summed E-state index contributed by atoms with van der Waals surface area (Å²) >= 11 is 0. The molecule has 0 radical (unpaired) electrons. The van der Waals surface area contributed by atoms with Crippen molar-refractivity contribution < 1.29 is 22.4 Å². The zero-order valence-electron chi connectivity index (χ0n) is 18.1. The van der Waals surface area contributed by atoms with Gasteiger partial charge in [0.15, 0.2) is 5.58 Å². The molecule has 0 bridgehead atoms. The first-order chi connectivity index (χ1) is 15.9. The average molecular weight is 458 g/mol. The molecule has 174 valence electrons. The molecule has 2 aliphatic rings. The highest BCUT2D eigenvalue weighted by Gasteiger charge is 2.33. The summed E-state index contributed by atoms with van der Waals surface area (Å²) in [6, 6.07) is 11.7. The highest BCUT2D eigenvalue weighted by atomic mass is 19.4. The first-order valence-corrected chi connectivity index (χ1v) is 11.3. The molecule has 0 atom stereocenters. The van der Waals surface area contributed by atoms with Gasteiger partial charge in [0.1, 0.15) is 5.52 Å². The fraction of sp³-hybridized carbons (Fsp3) is 0.417. The Hall–Kier alpha value is -3.23. The molecule has 0 aliphatic carbocycles. The van der Waals surface area contributed by atoms with Gasteiger partial charge < -0.3 is 19.5 Å². The van der Waals surface area contributed by atoms with Crippen LogP contribution in [0.3, 0.4) is 0 Å². The van der Waals surface area contributed by atoms with Crippen LogP contribution in [0.25, 0.3) is 11.1 Å². The third-order valence-corrected chi connectivity index (χ3v) is 6.45. The number of fused-ring (bicyclic) bond motifs is 1. The van der Waals surface area contributed by atoms with E-state index in [0.29, 0.717) is 43.2 Å². The average Bonchev–Trinajstić information content (AvgIpc) is 3.48. The molecule has 0 unspecified atom stereocenters. The van der Waals surface area contributed by atoms with E-state index in [-0.39, 0.29) is 17.5 Å². The van der Waals surface area contributed by atoms with Crippen LogP contribution in [0, 0.1) is 5.92 Å². The number of rotatable bonds is 4. The predicted molar refractivity (Wildman–Crippen MR) is 120 cm³/mol. The SMILES string of the molecule is O=C(Nc1cc(C(F)(F)F)ccc1N1CCCC1)C1CCN(c2nc3ccccc3o2)CC1. The third-order valence-electron chi connectivity index (χ3n) is 6.45. The normalized spacial score (nSPS) is 17.7. The molecule has 6 nitrogen and oxygen atoms in total. The Balaban J connectivity index is 1.28. The lowest BCUT2D eigenvalue weighted by molar-refractivity contribution is -0.137. The molecule has 9 heteroatoms. The fourth-order valence-corrected chi connectivity index (χ4v) is 4.61. The Labute approximate surface area is 189 Å². The second kappa shape index (κ2) is 8.61. The summed E-state index contributed by atoms with van der Waals surface area (Å²) in [6.45, 7) is 2.73. The second-order valence-electron chi connectivity index (χ2n) is 8.64. The van der Waals surface area contributed by atoms with Crippen molar-refractivity contribution in [3.63, 3.8) is 0 Å². The van der Waals surface area contributed by atoms with Crippen LogP contribution in [0.2, 0.25) is 0 Å². The van der Waals surface area contributed by atoms with Crippen LogP contribution in [0.5, 0.6) is 0 Å². The van der Waals surface area contributed by atoms with Crippen LogP contribution in [0.1, 0.15) is 31.2 Å². The monoisotopic (exact) mass is 458 g/mol. The smallest absolute Gasteiger partial charge is 0.416 e. The second-order valence-corrected chi connectivity index (χ2v) is 8.64. The van der Waals surface area contributed by atoms with Gasteiger partial charge in [0.25, 0.3) is 6.01 Å². The number of aromatic nitrogens is 1. The van der Waals surface area contributed by atoms with Crippen molar-refractivity contribution in [2.75, 3.05) is 41.3 Å². The van der Waals surface area contributed by atoms with Gasteiger partial charge in [-0.3, -0.25) is 4.79 Å². The molecule has 3 heterocycles. The van der Waals surface area contributed by atoms with E-state index in [9.17, 15) is 18.0 Å². The molecule has 3 aromatic rings. The Bertz CT molecular complexity index is 1110. The van der Waals surface area contributed by atoms with E-state index < -0.39 is 11.7 Å². The number of carbonyl (C=O) groups is 1. The lowest BCUT2D eigenvalue weighted by Crippen LogP contribution is -2.38. The van der Waals surface area contributed by atoms with Crippen molar-refractivity contribution in [2.24, 2.45) is 5.92 Å². The number of benzene rings is 2. The van der Waals surface area contributed by atoms with Crippen LogP contribution in [-0.2, 0) is 11.0 Å². The quantitative estimate of drug-likeness (QED) is 0.575. The van der Waals surface area contributed by atoms with Crippen LogP contribution in [-0.4, -0.2) is 37.1 Å². The Kier molecular flexibility index (Phi) is 5.64. The maximum absolute atomic E-state index is 13.3. The van der Waals surface area contributed by atoms with Gasteiger partial charge in [-0.25, -0.2) is 0 Å². The maximum Gasteiger partial charge on any atom is 0.416 e. The van der Waals surface area contributed by atoms with E-state index in [4.69, 9.17) is 4.42 Å². The molecule has 2 saturated heterocycles. The van der Waals surface area contributed by atoms with E-state index in [2.05, 4.69) is 10.3 Å². The van der Waals surface area contributed by atoms with Gasteiger partial charge in [0.2, 0.25) is 5.91 Å². The number of anilines is 3. The third kappa shape index (κ3) is 4.49. The van der Waals surface area contributed by atoms with Gasteiger partial charge >= 0.3 is 6.18 Å². The fourth-order valence-electron chi connectivity index (χ4n) is 4.61. The van der Waals surface area contributed by atoms with Crippen molar-refractivity contribution in [1.29, 1.82) is 0 Å². The predicted octanol–water partition coefficient (Wildman–Crippen LogP) is 5.30. The number of oxazole rings is 1. The van der Waals surface area contributed by atoms with Gasteiger partial charge in [-0.15, -0.1) is 0 Å². The molecule has 33 heavy (non-hydrogen) atoms. The minimum absolute atomic E-state index is 0.234. The van der Waals surface area contributed by atoms with E-state index >= 15 is 0 Å². The number of nitrogens with one attached hydrogen (secondary N) is 1. The van der Waals surface area contributed by atoms with E-state index in [1.54, 1.807) is 0 Å². The van der Waals surface area contributed by atoms with Gasteiger partial charge in [-0.2, -0.15) is 18.2 Å². The first-order valence-electron chi connectivity index (χ1n) is 11.3. The molecule has 0 saturated carbocycles. The standard InChI is InChI=1S/C24H25F3N4O2/c25-24(26,27)17-7-8-20(30-11-3-4-12-30)19(15-17)28-22(32)16-9-13-31(14-10-16)23-29-18-5-1-2-6-21(18)33-23/h1-2,5-8,15-16H,3-4,9-14H2,(H,28,32). The molecular weight excluding hydrogens is 433 g/mol. The van der Waals surface area contributed by atoms with E-state index in [1.165, 1.54) is 6.07 Å². The summed E-state index contributed by atoms with van der Waals surface area (Å²) in [5.74, 6) is -0.529. The number of hydrogen-bond acceptors (Lipinski definition) is 5. The number of alkyl halides is 3. The maximum atomic E-state index is 13.3. The number of piperidine rings is 1. The van der Waals surface area contributed by atoms with Crippen LogP contribution in [0.15, 0.2) is 46.9 Å². The number of nitrogens with zero attached hydrogens (tertiary/aromatic N) is 3. The van der Waals surface area contributed by atoms with E-state index in [0.717, 1.165) is 43.6 Å². The molecule has 2 aliphatic heterocycles. The summed E-state index contributed by atoms with van der Waals surface area (Å²) in [7, 11) is 0. The molecule has 5 rings (SSSR count). The van der Waals surface area contributed by atoms with Crippen LogP contribution < -0.4 is 15.1 Å². The summed E-state index contributed by atoms with van der Waals surface area (Å²) in [5, 5.41) is 2.81. The summed E-state index contributed by atoms with van der Waals surface area (Å²) in [6.07, 6.45) is -1.34. The minimum Gasteiger partial charge on any atom is -0.423 e. The first kappa shape index (κ1) is 21.6. The number of carbonyl (C=O) groups excluding carboxylic acids is 1. The summed E-state index contributed by atoms with van der Waals surface area (Å²) in [4.78, 5) is 21.6. The molecule has 0 spiro atoms. The Morgan fingerprint density at radius 1 is 1.00 bits per heavy atom. The number of halogens is 3. The highest BCUT2D eigenvalue weighted by molar-refractivity contribution is 5.96. The molecule has 1 amide bonds.